The summed E-state index contributed by atoms with van der Waals surface area (Å²) in [4.78, 5) is 11.8. The third-order valence-corrected chi connectivity index (χ3v) is 4.03. The number of rotatable bonds is 6. The second kappa shape index (κ2) is 7.78. The van der Waals surface area contributed by atoms with Crippen molar-refractivity contribution in [2.24, 2.45) is 17.8 Å². The number of hydrogen-bond donors (Lipinski definition) is 1. The number of carbonyl (C=O) groups excluding carboxylic acids is 1. The Hall–Kier alpha value is -0.570. The molecular weight excluding hydrogens is 228 g/mol. The van der Waals surface area contributed by atoms with Gasteiger partial charge < -0.3 is 9.84 Å². The zero-order valence-electron chi connectivity index (χ0n) is 12.0. The van der Waals surface area contributed by atoms with E-state index in [1.54, 1.807) is 0 Å². The molecule has 0 saturated heterocycles. The summed E-state index contributed by atoms with van der Waals surface area (Å²) in [5.74, 6) is 1.67. The van der Waals surface area contributed by atoms with Crippen LogP contribution < -0.4 is 0 Å². The molecule has 0 aromatic carbocycles. The summed E-state index contributed by atoms with van der Waals surface area (Å²) in [6, 6.07) is 0. The van der Waals surface area contributed by atoms with Crippen LogP contribution in [0.4, 0.5) is 0 Å². The fourth-order valence-corrected chi connectivity index (χ4v) is 2.86. The molecule has 106 valence electrons. The SMILES string of the molecule is CC(C)[C@H]1CC[C@H](C)C[C@@H]1OC(=O)CCCCO. The first-order valence-electron chi connectivity index (χ1n) is 7.35. The lowest BCUT2D eigenvalue weighted by molar-refractivity contribution is -0.156. The molecule has 0 unspecified atom stereocenters. The van der Waals surface area contributed by atoms with Gasteiger partial charge >= 0.3 is 5.97 Å². The van der Waals surface area contributed by atoms with Gasteiger partial charge in [0.05, 0.1) is 0 Å². The number of unbranched alkanes of at least 4 members (excludes halogenated alkanes) is 1. The Morgan fingerprint density at radius 1 is 1.33 bits per heavy atom. The summed E-state index contributed by atoms with van der Waals surface area (Å²) in [5.41, 5.74) is 0. The maximum atomic E-state index is 11.8. The van der Waals surface area contributed by atoms with Gasteiger partial charge in [0.2, 0.25) is 0 Å². The molecule has 1 aliphatic rings. The van der Waals surface area contributed by atoms with Crippen LogP contribution in [0.2, 0.25) is 0 Å². The highest BCUT2D eigenvalue weighted by molar-refractivity contribution is 5.69. The Labute approximate surface area is 111 Å². The summed E-state index contributed by atoms with van der Waals surface area (Å²) in [6.07, 6.45) is 5.39. The molecule has 0 aromatic heterocycles. The first-order valence-corrected chi connectivity index (χ1v) is 7.35. The van der Waals surface area contributed by atoms with Gasteiger partial charge in [-0.25, -0.2) is 0 Å². The first-order chi connectivity index (χ1) is 8.54. The molecule has 0 aliphatic heterocycles. The van der Waals surface area contributed by atoms with Crippen molar-refractivity contribution in [2.45, 2.75) is 65.4 Å². The highest BCUT2D eigenvalue weighted by Crippen LogP contribution is 2.35. The third-order valence-electron chi connectivity index (χ3n) is 4.03. The van der Waals surface area contributed by atoms with Crippen molar-refractivity contribution < 1.29 is 14.6 Å². The van der Waals surface area contributed by atoms with Gasteiger partial charge in [-0.15, -0.1) is 0 Å². The summed E-state index contributed by atoms with van der Waals surface area (Å²) >= 11 is 0. The molecule has 18 heavy (non-hydrogen) atoms. The molecule has 1 saturated carbocycles. The lowest BCUT2D eigenvalue weighted by Crippen LogP contribution is -2.35. The lowest BCUT2D eigenvalue weighted by Gasteiger charge is -2.36. The van der Waals surface area contributed by atoms with Crippen LogP contribution in [0, 0.1) is 17.8 Å². The van der Waals surface area contributed by atoms with Crippen LogP contribution in [0.5, 0.6) is 0 Å². The number of aliphatic hydroxyl groups excluding tert-OH is 1. The molecule has 1 aliphatic carbocycles. The molecule has 3 atom stereocenters. The van der Waals surface area contributed by atoms with Crippen LogP contribution in [0.15, 0.2) is 0 Å². The van der Waals surface area contributed by atoms with Crippen LogP contribution in [0.25, 0.3) is 0 Å². The van der Waals surface area contributed by atoms with E-state index in [9.17, 15) is 4.79 Å². The van der Waals surface area contributed by atoms with Crippen LogP contribution >= 0.6 is 0 Å². The van der Waals surface area contributed by atoms with E-state index in [4.69, 9.17) is 9.84 Å². The van der Waals surface area contributed by atoms with E-state index in [-0.39, 0.29) is 18.7 Å². The van der Waals surface area contributed by atoms with Crippen LogP contribution in [-0.4, -0.2) is 23.8 Å². The normalized spacial score (nSPS) is 28.4. The number of esters is 1. The predicted octanol–water partition coefficient (Wildman–Crippen LogP) is 3.15. The maximum Gasteiger partial charge on any atom is 0.306 e. The van der Waals surface area contributed by atoms with Gasteiger partial charge in [0.1, 0.15) is 6.10 Å². The van der Waals surface area contributed by atoms with Gasteiger partial charge in [0, 0.05) is 13.0 Å². The van der Waals surface area contributed by atoms with E-state index < -0.39 is 0 Å². The van der Waals surface area contributed by atoms with E-state index >= 15 is 0 Å². The highest BCUT2D eigenvalue weighted by atomic mass is 16.5. The smallest absolute Gasteiger partial charge is 0.306 e. The van der Waals surface area contributed by atoms with E-state index in [0.717, 1.165) is 12.8 Å². The quantitative estimate of drug-likeness (QED) is 0.586. The van der Waals surface area contributed by atoms with Crippen molar-refractivity contribution in [3.63, 3.8) is 0 Å². The molecular formula is C15H28O3. The van der Waals surface area contributed by atoms with Crippen molar-refractivity contribution in [3.05, 3.63) is 0 Å². The van der Waals surface area contributed by atoms with E-state index in [2.05, 4.69) is 20.8 Å². The average molecular weight is 256 g/mol. The van der Waals surface area contributed by atoms with Crippen molar-refractivity contribution >= 4 is 5.97 Å². The first kappa shape index (κ1) is 15.5. The van der Waals surface area contributed by atoms with Crippen LogP contribution in [0.1, 0.15) is 59.3 Å². The number of aliphatic hydroxyl groups is 1. The van der Waals surface area contributed by atoms with Gasteiger partial charge in [-0.2, -0.15) is 0 Å². The minimum absolute atomic E-state index is 0.0896. The Morgan fingerprint density at radius 3 is 2.67 bits per heavy atom. The van der Waals surface area contributed by atoms with E-state index in [1.165, 1.54) is 12.8 Å². The number of hydrogen-bond acceptors (Lipinski definition) is 3. The average Bonchev–Trinajstić information content (AvgIpc) is 2.29. The van der Waals surface area contributed by atoms with Crippen LogP contribution in [0.3, 0.4) is 0 Å². The summed E-state index contributed by atoms with van der Waals surface area (Å²) in [5, 5.41) is 8.70. The molecule has 0 heterocycles. The molecule has 3 nitrogen and oxygen atoms in total. The highest BCUT2D eigenvalue weighted by Gasteiger charge is 2.33. The molecule has 0 spiro atoms. The second-order valence-corrected chi connectivity index (χ2v) is 6.04. The molecule has 3 heteroatoms. The number of carbonyl (C=O) groups is 1. The monoisotopic (exact) mass is 256 g/mol. The van der Waals surface area contributed by atoms with Crippen molar-refractivity contribution in [1.29, 1.82) is 0 Å². The second-order valence-electron chi connectivity index (χ2n) is 6.04. The number of ether oxygens (including phenoxy) is 1. The minimum Gasteiger partial charge on any atom is -0.462 e. The molecule has 1 N–H and O–H groups in total. The standard InChI is InChI=1S/C15H28O3/c1-11(2)13-8-7-12(3)10-14(13)18-15(17)6-4-5-9-16/h11-14,16H,4-10H2,1-3H3/t12-,13+,14-/m0/s1. The van der Waals surface area contributed by atoms with Crippen molar-refractivity contribution in [3.8, 4) is 0 Å². The zero-order chi connectivity index (χ0) is 13.5. The molecule has 1 rings (SSSR count). The van der Waals surface area contributed by atoms with Gasteiger partial charge in [-0.05, 0) is 43.4 Å². The molecule has 0 bridgehead atoms. The minimum atomic E-state index is -0.0896. The molecule has 0 radical (unpaired) electrons. The Kier molecular flexibility index (Phi) is 6.69. The lowest BCUT2D eigenvalue weighted by atomic mass is 9.75. The molecule has 0 amide bonds. The molecule has 0 aromatic rings. The third kappa shape index (κ3) is 4.97. The Morgan fingerprint density at radius 2 is 2.06 bits per heavy atom. The van der Waals surface area contributed by atoms with E-state index in [0.29, 0.717) is 30.6 Å². The fourth-order valence-electron chi connectivity index (χ4n) is 2.86. The van der Waals surface area contributed by atoms with Gasteiger partial charge in [0.25, 0.3) is 0 Å². The van der Waals surface area contributed by atoms with Crippen molar-refractivity contribution in [2.75, 3.05) is 6.61 Å². The van der Waals surface area contributed by atoms with Gasteiger partial charge in [0.15, 0.2) is 0 Å². The Bertz CT molecular complexity index is 250. The zero-order valence-corrected chi connectivity index (χ0v) is 12.0. The van der Waals surface area contributed by atoms with Crippen LogP contribution in [-0.2, 0) is 9.53 Å². The van der Waals surface area contributed by atoms with E-state index in [1.807, 2.05) is 0 Å². The van der Waals surface area contributed by atoms with Gasteiger partial charge in [-0.1, -0.05) is 27.2 Å². The maximum absolute atomic E-state index is 11.8. The fraction of sp³-hybridized carbons (Fsp3) is 0.933. The van der Waals surface area contributed by atoms with Gasteiger partial charge in [-0.3, -0.25) is 4.79 Å². The molecule has 1 fully saturated rings. The summed E-state index contributed by atoms with van der Waals surface area (Å²) < 4.78 is 5.66. The largest absolute Gasteiger partial charge is 0.462 e. The summed E-state index contributed by atoms with van der Waals surface area (Å²) in [6.45, 7) is 6.83. The van der Waals surface area contributed by atoms with Crippen molar-refractivity contribution in [1.82, 2.24) is 0 Å². The Balaban J connectivity index is 2.42. The predicted molar refractivity (Wildman–Crippen MR) is 72.2 cm³/mol. The topological polar surface area (TPSA) is 46.5 Å². The summed E-state index contributed by atoms with van der Waals surface area (Å²) in [7, 11) is 0.